The van der Waals surface area contributed by atoms with E-state index >= 15 is 0 Å². The fourth-order valence-electron chi connectivity index (χ4n) is 2.28. The summed E-state index contributed by atoms with van der Waals surface area (Å²) in [6.07, 6.45) is 0. The van der Waals surface area contributed by atoms with Crippen molar-refractivity contribution in [1.82, 2.24) is 0 Å². The molecule has 0 bridgehead atoms. The minimum absolute atomic E-state index is 0.0626. The minimum atomic E-state index is -0.458. The lowest BCUT2D eigenvalue weighted by Crippen LogP contribution is -2.35. The molecule has 0 aromatic heterocycles. The minimum Gasteiger partial charge on any atom is -0.465 e. The van der Waals surface area contributed by atoms with Crippen molar-refractivity contribution in [2.24, 2.45) is 0 Å². The van der Waals surface area contributed by atoms with Crippen LogP contribution in [-0.4, -0.2) is 32.1 Å². The molecule has 0 saturated heterocycles. The molecule has 5 nitrogen and oxygen atoms in total. The van der Waals surface area contributed by atoms with E-state index in [0.29, 0.717) is 22.8 Å². The fourth-order valence-corrected chi connectivity index (χ4v) is 2.47. The Labute approximate surface area is 146 Å². The molecule has 2 rings (SSSR count). The number of nitrogens with zero attached hydrogens (tertiary/aromatic N) is 1. The van der Waals surface area contributed by atoms with Crippen molar-refractivity contribution in [3.63, 3.8) is 0 Å². The SMILES string of the molecule is CCN(C(=O)CNc1cc(C(=O)OC)ccc1Cl)c1ccccc1. The molecule has 0 aliphatic heterocycles. The number of ether oxygens (including phenoxy) is 1. The van der Waals surface area contributed by atoms with E-state index < -0.39 is 5.97 Å². The molecule has 0 fully saturated rings. The third kappa shape index (κ3) is 4.26. The number of likely N-dealkylation sites (N-methyl/N-ethyl adjacent to an activating group) is 1. The van der Waals surface area contributed by atoms with Crippen molar-refractivity contribution < 1.29 is 14.3 Å². The Morgan fingerprint density at radius 1 is 1.17 bits per heavy atom. The Bertz CT molecular complexity index is 719. The van der Waals surface area contributed by atoms with E-state index in [1.807, 2.05) is 37.3 Å². The number of carbonyl (C=O) groups is 2. The van der Waals surface area contributed by atoms with Crippen molar-refractivity contribution >= 4 is 34.9 Å². The lowest BCUT2D eigenvalue weighted by atomic mass is 10.2. The smallest absolute Gasteiger partial charge is 0.337 e. The molecule has 0 aliphatic rings. The van der Waals surface area contributed by atoms with Gasteiger partial charge in [0.05, 0.1) is 29.9 Å². The highest BCUT2D eigenvalue weighted by molar-refractivity contribution is 6.33. The standard InChI is InChI=1S/C18H19ClN2O3/c1-3-21(14-7-5-4-6-8-14)17(22)12-20-16-11-13(18(23)24-2)9-10-15(16)19/h4-11,20H,3,12H2,1-2H3. The summed E-state index contributed by atoms with van der Waals surface area (Å²) in [4.78, 5) is 25.7. The maximum Gasteiger partial charge on any atom is 0.337 e. The zero-order valence-electron chi connectivity index (χ0n) is 13.6. The van der Waals surface area contributed by atoms with Gasteiger partial charge in [0.15, 0.2) is 0 Å². The summed E-state index contributed by atoms with van der Waals surface area (Å²) in [5, 5.41) is 3.41. The van der Waals surface area contributed by atoms with E-state index in [1.54, 1.807) is 23.1 Å². The summed E-state index contributed by atoms with van der Waals surface area (Å²) >= 11 is 6.12. The van der Waals surface area contributed by atoms with Gasteiger partial charge >= 0.3 is 5.97 Å². The van der Waals surface area contributed by atoms with E-state index in [0.717, 1.165) is 5.69 Å². The summed E-state index contributed by atoms with van der Waals surface area (Å²) in [6.45, 7) is 2.53. The zero-order chi connectivity index (χ0) is 17.5. The second kappa shape index (κ2) is 8.36. The lowest BCUT2D eigenvalue weighted by Gasteiger charge is -2.21. The van der Waals surface area contributed by atoms with Crippen LogP contribution in [0, 0.1) is 0 Å². The predicted octanol–water partition coefficient (Wildman–Crippen LogP) is 3.59. The number of rotatable bonds is 6. The highest BCUT2D eigenvalue weighted by atomic mass is 35.5. The van der Waals surface area contributed by atoms with Crippen molar-refractivity contribution in [1.29, 1.82) is 0 Å². The first kappa shape index (κ1) is 17.8. The molecular formula is C18H19ClN2O3. The average Bonchev–Trinajstić information content (AvgIpc) is 2.62. The van der Waals surface area contributed by atoms with E-state index in [9.17, 15) is 9.59 Å². The Morgan fingerprint density at radius 2 is 1.88 bits per heavy atom. The van der Waals surface area contributed by atoms with Crippen molar-refractivity contribution in [2.75, 3.05) is 30.4 Å². The number of hydrogen-bond donors (Lipinski definition) is 1. The van der Waals surface area contributed by atoms with Crippen LogP contribution in [0.2, 0.25) is 5.02 Å². The Balaban J connectivity index is 2.09. The number of carbonyl (C=O) groups excluding carboxylic acids is 2. The number of anilines is 2. The Kier molecular flexibility index (Phi) is 6.21. The van der Waals surface area contributed by atoms with Crippen molar-refractivity contribution in [3.05, 3.63) is 59.1 Å². The van der Waals surface area contributed by atoms with Crippen LogP contribution in [0.3, 0.4) is 0 Å². The molecule has 1 amide bonds. The molecule has 0 spiro atoms. The van der Waals surface area contributed by atoms with E-state index in [4.69, 9.17) is 11.6 Å². The van der Waals surface area contributed by atoms with Gasteiger partial charge in [-0.25, -0.2) is 4.79 Å². The van der Waals surface area contributed by atoms with Crippen LogP contribution in [0.25, 0.3) is 0 Å². The van der Waals surface area contributed by atoms with E-state index in [1.165, 1.54) is 7.11 Å². The Hall–Kier alpha value is -2.53. The van der Waals surface area contributed by atoms with Crippen LogP contribution in [0.4, 0.5) is 11.4 Å². The predicted molar refractivity (Wildman–Crippen MR) is 95.8 cm³/mol. The van der Waals surface area contributed by atoms with Crippen molar-refractivity contribution in [3.8, 4) is 0 Å². The monoisotopic (exact) mass is 346 g/mol. The molecule has 0 aliphatic carbocycles. The van der Waals surface area contributed by atoms with Crippen LogP contribution in [-0.2, 0) is 9.53 Å². The first-order chi connectivity index (χ1) is 11.6. The van der Waals surface area contributed by atoms with E-state index in [-0.39, 0.29) is 12.5 Å². The number of para-hydroxylation sites is 1. The lowest BCUT2D eigenvalue weighted by molar-refractivity contribution is -0.116. The van der Waals surface area contributed by atoms with Gasteiger partial charge in [-0.1, -0.05) is 29.8 Å². The highest BCUT2D eigenvalue weighted by Gasteiger charge is 2.15. The van der Waals surface area contributed by atoms with Gasteiger partial charge in [0.1, 0.15) is 0 Å². The zero-order valence-corrected chi connectivity index (χ0v) is 14.3. The molecule has 2 aromatic rings. The van der Waals surface area contributed by atoms with Crippen LogP contribution < -0.4 is 10.2 Å². The number of esters is 1. The van der Waals surface area contributed by atoms with Gasteiger partial charge in [-0.2, -0.15) is 0 Å². The second-order valence-corrected chi connectivity index (χ2v) is 5.42. The van der Waals surface area contributed by atoms with Crippen molar-refractivity contribution in [2.45, 2.75) is 6.92 Å². The molecule has 0 atom stereocenters. The van der Waals surface area contributed by atoms with Gasteiger partial charge in [-0.3, -0.25) is 4.79 Å². The number of hydrogen-bond acceptors (Lipinski definition) is 4. The van der Waals surface area contributed by atoms with Crippen LogP contribution in [0.1, 0.15) is 17.3 Å². The Morgan fingerprint density at radius 3 is 2.50 bits per heavy atom. The molecule has 24 heavy (non-hydrogen) atoms. The third-order valence-corrected chi connectivity index (χ3v) is 3.83. The molecule has 0 heterocycles. The number of methoxy groups -OCH3 is 1. The summed E-state index contributed by atoms with van der Waals surface area (Å²) in [6, 6.07) is 14.2. The molecule has 0 radical (unpaired) electrons. The normalized spacial score (nSPS) is 10.1. The van der Waals surface area contributed by atoms with Crippen LogP contribution >= 0.6 is 11.6 Å². The van der Waals surface area contributed by atoms with Gasteiger partial charge in [0.25, 0.3) is 0 Å². The molecular weight excluding hydrogens is 328 g/mol. The van der Waals surface area contributed by atoms with Gasteiger partial charge in [0, 0.05) is 12.2 Å². The molecule has 0 unspecified atom stereocenters. The van der Waals surface area contributed by atoms with Gasteiger partial charge in [-0.15, -0.1) is 0 Å². The topological polar surface area (TPSA) is 58.6 Å². The first-order valence-corrected chi connectivity index (χ1v) is 7.91. The maximum atomic E-state index is 12.5. The highest BCUT2D eigenvalue weighted by Crippen LogP contribution is 2.23. The largest absolute Gasteiger partial charge is 0.465 e. The molecule has 126 valence electrons. The number of nitrogens with one attached hydrogen (secondary N) is 1. The molecule has 2 aromatic carbocycles. The first-order valence-electron chi connectivity index (χ1n) is 7.54. The van der Waals surface area contributed by atoms with Crippen LogP contribution in [0.5, 0.6) is 0 Å². The third-order valence-electron chi connectivity index (χ3n) is 3.50. The second-order valence-electron chi connectivity index (χ2n) is 5.01. The molecule has 6 heteroatoms. The van der Waals surface area contributed by atoms with Crippen LogP contribution in [0.15, 0.2) is 48.5 Å². The number of halogens is 1. The van der Waals surface area contributed by atoms with Gasteiger partial charge in [-0.05, 0) is 37.3 Å². The summed E-state index contributed by atoms with van der Waals surface area (Å²) in [5.41, 5.74) is 1.71. The molecule has 0 saturated carbocycles. The number of benzene rings is 2. The van der Waals surface area contributed by atoms with E-state index in [2.05, 4.69) is 10.1 Å². The fraction of sp³-hybridized carbons (Fsp3) is 0.222. The maximum absolute atomic E-state index is 12.5. The van der Waals surface area contributed by atoms with Gasteiger partial charge < -0.3 is 15.0 Å². The quantitative estimate of drug-likeness (QED) is 0.812. The summed E-state index contributed by atoms with van der Waals surface area (Å²) < 4.78 is 4.69. The average molecular weight is 347 g/mol. The summed E-state index contributed by atoms with van der Waals surface area (Å²) in [5.74, 6) is -0.552. The summed E-state index contributed by atoms with van der Waals surface area (Å²) in [7, 11) is 1.31. The number of amides is 1. The van der Waals surface area contributed by atoms with Gasteiger partial charge in [0.2, 0.25) is 5.91 Å². The molecule has 1 N–H and O–H groups in total.